The maximum Gasteiger partial charge on any atom is 0.416 e. The predicted octanol–water partition coefficient (Wildman–Crippen LogP) is 2.27. The number of likely N-dealkylation sites (N-methyl/N-ethyl adjacent to an activating group) is 1. The third-order valence-corrected chi connectivity index (χ3v) is 2.79. The van der Waals surface area contributed by atoms with E-state index in [1.165, 1.54) is 12.1 Å². The number of hydrogen-bond acceptors (Lipinski definition) is 2. The van der Waals surface area contributed by atoms with Gasteiger partial charge in [-0.25, -0.2) is 0 Å². The minimum atomic E-state index is -4.31. The predicted molar refractivity (Wildman–Crippen MR) is 66.5 cm³/mol. The van der Waals surface area contributed by atoms with Crippen molar-refractivity contribution in [3.8, 4) is 0 Å². The lowest BCUT2D eigenvalue weighted by atomic mass is 10.1. The van der Waals surface area contributed by atoms with Crippen LogP contribution in [0.3, 0.4) is 0 Å². The number of carbonyl (C=O) groups is 1. The fourth-order valence-corrected chi connectivity index (χ4v) is 1.44. The maximum absolute atomic E-state index is 12.3. The van der Waals surface area contributed by atoms with Crippen molar-refractivity contribution in [2.75, 3.05) is 20.1 Å². The number of nitrogens with zero attached hydrogens (tertiary/aromatic N) is 1. The summed E-state index contributed by atoms with van der Waals surface area (Å²) in [5.41, 5.74) is 0.0398. The fourth-order valence-electron chi connectivity index (χ4n) is 1.44. The minimum absolute atomic E-state index is 0.0468. The molecule has 0 aromatic heterocycles. The molecule has 1 amide bonds. The molecular formula is C13H17F3N2O. The summed E-state index contributed by atoms with van der Waals surface area (Å²) in [4.78, 5) is 13.0. The summed E-state index contributed by atoms with van der Waals surface area (Å²) < 4.78 is 37.0. The summed E-state index contributed by atoms with van der Waals surface area (Å²) >= 11 is 0. The average molecular weight is 274 g/mol. The molecule has 0 saturated carbocycles. The molecular weight excluding hydrogens is 257 g/mol. The van der Waals surface area contributed by atoms with Crippen LogP contribution < -0.4 is 5.32 Å². The highest BCUT2D eigenvalue weighted by Crippen LogP contribution is 2.28. The number of rotatable bonds is 5. The standard InChI is InChI=1S/C13H17F3N2O/c1-3-18(2)12(19)9-17-8-10-4-6-11(7-5-10)13(14,15)16/h4-7,17H,3,8-9H2,1-2H3. The van der Waals surface area contributed by atoms with Crippen LogP contribution in [0.15, 0.2) is 24.3 Å². The number of benzene rings is 1. The molecule has 0 heterocycles. The molecule has 0 aliphatic heterocycles. The molecule has 19 heavy (non-hydrogen) atoms. The van der Waals surface area contributed by atoms with Crippen molar-refractivity contribution >= 4 is 5.91 Å². The Kier molecular flexibility index (Phi) is 5.35. The zero-order chi connectivity index (χ0) is 14.5. The van der Waals surface area contributed by atoms with E-state index in [9.17, 15) is 18.0 Å². The van der Waals surface area contributed by atoms with Gasteiger partial charge in [-0.2, -0.15) is 13.2 Å². The van der Waals surface area contributed by atoms with Crippen LogP contribution in [0, 0.1) is 0 Å². The van der Waals surface area contributed by atoms with E-state index < -0.39 is 11.7 Å². The summed E-state index contributed by atoms with van der Waals surface area (Å²) in [6, 6.07) is 4.89. The molecule has 1 rings (SSSR count). The topological polar surface area (TPSA) is 32.3 Å². The fraction of sp³-hybridized carbons (Fsp3) is 0.462. The first-order chi connectivity index (χ1) is 8.84. The normalized spacial score (nSPS) is 11.4. The quantitative estimate of drug-likeness (QED) is 0.893. The molecule has 0 saturated heterocycles. The number of nitrogens with one attached hydrogen (secondary N) is 1. The van der Waals surface area contributed by atoms with E-state index in [4.69, 9.17) is 0 Å². The Labute approximate surface area is 110 Å². The van der Waals surface area contributed by atoms with Gasteiger partial charge in [0.2, 0.25) is 5.91 Å². The van der Waals surface area contributed by atoms with Crippen molar-refractivity contribution < 1.29 is 18.0 Å². The Bertz CT molecular complexity index is 415. The molecule has 0 aliphatic rings. The summed E-state index contributed by atoms with van der Waals surface area (Å²) in [5.74, 6) is -0.0468. The van der Waals surface area contributed by atoms with Crippen molar-refractivity contribution in [2.45, 2.75) is 19.6 Å². The number of carbonyl (C=O) groups excluding carboxylic acids is 1. The Hall–Kier alpha value is -1.56. The molecule has 6 heteroatoms. The van der Waals surface area contributed by atoms with Gasteiger partial charge in [-0.1, -0.05) is 12.1 Å². The van der Waals surface area contributed by atoms with Crippen LogP contribution in [0.5, 0.6) is 0 Å². The highest BCUT2D eigenvalue weighted by Gasteiger charge is 2.29. The number of amides is 1. The van der Waals surface area contributed by atoms with Crippen LogP contribution in [0.1, 0.15) is 18.1 Å². The molecule has 0 radical (unpaired) electrons. The van der Waals surface area contributed by atoms with E-state index in [1.807, 2.05) is 6.92 Å². The van der Waals surface area contributed by atoms with Gasteiger partial charge in [-0.05, 0) is 24.6 Å². The molecule has 0 spiro atoms. The van der Waals surface area contributed by atoms with Crippen molar-refractivity contribution in [1.82, 2.24) is 10.2 Å². The molecule has 1 aromatic rings. The second-order valence-corrected chi connectivity index (χ2v) is 4.21. The van der Waals surface area contributed by atoms with Gasteiger partial charge in [0.1, 0.15) is 0 Å². The SMILES string of the molecule is CCN(C)C(=O)CNCc1ccc(C(F)(F)F)cc1. The van der Waals surface area contributed by atoms with Crippen LogP contribution in [-0.4, -0.2) is 30.9 Å². The zero-order valence-corrected chi connectivity index (χ0v) is 10.9. The molecule has 0 unspecified atom stereocenters. The number of hydrogen-bond donors (Lipinski definition) is 1. The van der Waals surface area contributed by atoms with Crippen LogP contribution >= 0.6 is 0 Å². The van der Waals surface area contributed by atoms with Gasteiger partial charge in [-0.15, -0.1) is 0 Å². The zero-order valence-electron chi connectivity index (χ0n) is 10.9. The van der Waals surface area contributed by atoms with Gasteiger partial charge in [0.05, 0.1) is 12.1 Å². The van der Waals surface area contributed by atoms with E-state index in [0.717, 1.165) is 12.1 Å². The van der Waals surface area contributed by atoms with Crippen molar-refractivity contribution in [3.63, 3.8) is 0 Å². The minimum Gasteiger partial charge on any atom is -0.345 e. The smallest absolute Gasteiger partial charge is 0.345 e. The first-order valence-corrected chi connectivity index (χ1v) is 5.95. The first kappa shape index (κ1) is 15.5. The summed E-state index contributed by atoms with van der Waals surface area (Å²) in [6.45, 7) is 3.03. The molecule has 0 bridgehead atoms. The van der Waals surface area contributed by atoms with Crippen molar-refractivity contribution in [2.24, 2.45) is 0 Å². The van der Waals surface area contributed by atoms with E-state index in [2.05, 4.69) is 5.32 Å². The Morgan fingerprint density at radius 2 is 1.84 bits per heavy atom. The Balaban J connectivity index is 2.45. The van der Waals surface area contributed by atoms with Gasteiger partial charge < -0.3 is 10.2 Å². The van der Waals surface area contributed by atoms with Crippen LogP contribution in [0.4, 0.5) is 13.2 Å². The maximum atomic E-state index is 12.3. The number of halogens is 3. The van der Waals surface area contributed by atoms with Gasteiger partial charge >= 0.3 is 6.18 Å². The second-order valence-electron chi connectivity index (χ2n) is 4.21. The average Bonchev–Trinajstić information content (AvgIpc) is 2.37. The van der Waals surface area contributed by atoms with E-state index in [1.54, 1.807) is 11.9 Å². The molecule has 0 aliphatic carbocycles. The first-order valence-electron chi connectivity index (χ1n) is 5.95. The molecule has 1 N–H and O–H groups in total. The van der Waals surface area contributed by atoms with Crippen molar-refractivity contribution in [3.05, 3.63) is 35.4 Å². The van der Waals surface area contributed by atoms with Gasteiger partial charge in [0.25, 0.3) is 0 Å². The van der Waals surface area contributed by atoms with E-state index in [-0.39, 0.29) is 12.5 Å². The summed E-state index contributed by atoms with van der Waals surface area (Å²) in [6.07, 6.45) is -4.31. The van der Waals surface area contributed by atoms with E-state index in [0.29, 0.717) is 18.7 Å². The van der Waals surface area contributed by atoms with E-state index >= 15 is 0 Å². The highest BCUT2D eigenvalue weighted by molar-refractivity contribution is 5.77. The molecule has 0 atom stereocenters. The van der Waals surface area contributed by atoms with Crippen LogP contribution in [0.2, 0.25) is 0 Å². The largest absolute Gasteiger partial charge is 0.416 e. The van der Waals surface area contributed by atoms with Crippen LogP contribution in [-0.2, 0) is 17.5 Å². The lowest BCUT2D eigenvalue weighted by Gasteiger charge is -2.14. The lowest BCUT2D eigenvalue weighted by molar-refractivity contribution is -0.137. The van der Waals surface area contributed by atoms with Crippen LogP contribution in [0.25, 0.3) is 0 Å². The monoisotopic (exact) mass is 274 g/mol. The Morgan fingerprint density at radius 1 is 1.26 bits per heavy atom. The van der Waals surface area contributed by atoms with Gasteiger partial charge in [-0.3, -0.25) is 4.79 Å². The third kappa shape index (κ3) is 4.90. The molecule has 1 aromatic carbocycles. The number of alkyl halides is 3. The summed E-state index contributed by atoms with van der Waals surface area (Å²) in [5, 5.41) is 2.90. The molecule has 3 nitrogen and oxygen atoms in total. The van der Waals surface area contributed by atoms with Gasteiger partial charge in [0.15, 0.2) is 0 Å². The molecule has 106 valence electrons. The molecule has 0 fully saturated rings. The van der Waals surface area contributed by atoms with Crippen molar-refractivity contribution in [1.29, 1.82) is 0 Å². The summed E-state index contributed by atoms with van der Waals surface area (Å²) in [7, 11) is 1.70. The second kappa shape index (κ2) is 6.56. The highest BCUT2D eigenvalue weighted by atomic mass is 19.4. The lowest BCUT2D eigenvalue weighted by Crippen LogP contribution is -2.35. The van der Waals surface area contributed by atoms with Gasteiger partial charge in [0, 0.05) is 20.1 Å². The third-order valence-electron chi connectivity index (χ3n) is 2.79. The Morgan fingerprint density at radius 3 is 2.32 bits per heavy atom.